The zero-order chi connectivity index (χ0) is 13.6. The predicted octanol–water partition coefficient (Wildman–Crippen LogP) is 3.68. The molecule has 0 fully saturated rings. The molecule has 0 bridgehead atoms. The van der Waals surface area contributed by atoms with Crippen LogP contribution in [0.25, 0.3) is 0 Å². The minimum absolute atomic E-state index is 0.165. The maximum absolute atomic E-state index is 11.7. The van der Waals surface area contributed by atoms with Gasteiger partial charge in [0.25, 0.3) is 0 Å². The Kier molecular flexibility index (Phi) is 3.24. The first kappa shape index (κ1) is 12.9. The normalized spacial score (nSPS) is 18.4. The number of hydrogen-bond acceptors (Lipinski definition) is 5. The number of thiophene rings is 1. The van der Waals surface area contributed by atoms with Gasteiger partial charge in [0.05, 0.1) is 12.6 Å². The topological polar surface area (TPSA) is 45.5 Å². The van der Waals surface area contributed by atoms with Gasteiger partial charge in [-0.1, -0.05) is 6.07 Å². The van der Waals surface area contributed by atoms with Crippen LogP contribution < -0.4 is 11.1 Å². The lowest BCUT2D eigenvalue weighted by Crippen LogP contribution is -2.25. The van der Waals surface area contributed by atoms with Gasteiger partial charge >= 0.3 is 5.63 Å². The summed E-state index contributed by atoms with van der Waals surface area (Å²) in [5.74, 6) is 0.565. The number of rotatable bonds is 2. The summed E-state index contributed by atoms with van der Waals surface area (Å²) in [5.41, 5.74) is 4.83. The first-order chi connectivity index (χ1) is 9.08. The van der Waals surface area contributed by atoms with Crippen LogP contribution >= 0.6 is 27.3 Å². The Bertz CT molecular complexity index is 666. The number of anilines is 1. The van der Waals surface area contributed by atoms with Crippen LogP contribution in [0.5, 0.6) is 0 Å². The lowest BCUT2D eigenvalue weighted by Gasteiger charge is -2.20. The number of nitrogens with one attached hydrogen (secondary N) is 1. The van der Waals surface area contributed by atoms with Gasteiger partial charge in [-0.2, -0.15) is 0 Å². The highest BCUT2D eigenvalue weighted by Crippen LogP contribution is 2.39. The van der Waals surface area contributed by atoms with Gasteiger partial charge in [0.1, 0.15) is 4.47 Å². The summed E-state index contributed by atoms with van der Waals surface area (Å²) in [6.45, 7) is 4.83. The van der Waals surface area contributed by atoms with Crippen molar-refractivity contribution in [3.05, 3.63) is 48.4 Å². The summed E-state index contributed by atoms with van der Waals surface area (Å²) >= 11 is 5.01. The van der Waals surface area contributed by atoms with Crippen LogP contribution in [-0.4, -0.2) is 5.01 Å². The SMILES string of the molecule is Cc1c2c(oc(=O)c1Br)NN(Cc1cccs1)C2C. The molecule has 19 heavy (non-hydrogen) atoms. The molecular formula is C13H13BrN2O2S. The van der Waals surface area contributed by atoms with Crippen molar-refractivity contribution in [1.82, 2.24) is 5.01 Å². The average Bonchev–Trinajstić information content (AvgIpc) is 2.97. The van der Waals surface area contributed by atoms with E-state index in [4.69, 9.17) is 4.42 Å². The maximum Gasteiger partial charge on any atom is 0.352 e. The van der Waals surface area contributed by atoms with Crippen molar-refractivity contribution in [2.75, 3.05) is 5.43 Å². The Morgan fingerprint density at radius 3 is 3.05 bits per heavy atom. The Balaban J connectivity index is 1.96. The second-order valence-corrected chi connectivity index (χ2v) is 6.39. The van der Waals surface area contributed by atoms with Crippen molar-refractivity contribution in [2.24, 2.45) is 0 Å². The first-order valence-electron chi connectivity index (χ1n) is 5.96. The third-order valence-corrected chi connectivity index (χ3v) is 5.17. The van der Waals surface area contributed by atoms with E-state index in [1.54, 1.807) is 11.3 Å². The lowest BCUT2D eigenvalue weighted by molar-refractivity contribution is 0.270. The van der Waals surface area contributed by atoms with Gasteiger partial charge in [-0.3, -0.25) is 5.43 Å². The molecule has 0 aliphatic carbocycles. The second-order valence-electron chi connectivity index (χ2n) is 4.57. The second kappa shape index (κ2) is 4.77. The van der Waals surface area contributed by atoms with Crippen molar-refractivity contribution in [1.29, 1.82) is 0 Å². The molecule has 3 heterocycles. The summed E-state index contributed by atoms with van der Waals surface area (Å²) in [5, 5.41) is 4.14. The predicted molar refractivity (Wildman–Crippen MR) is 79.3 cm³/mol. The molecule has 6 heteroatoms. The fraction of sp³-hybridized carbons (Fsp3) is 0.308. The van der Waals surface area contributed by atoms with Crippen LogP contribution in [0.3, 0.4) is 0 Å². The largest absolute Gasteiger partial charge is 0.404 e. The highest BCUT2D eigenvalue weighted by Gasteiger charge is 2.32. The standard InChI is InChI=1S/C13H13BrN2O2S/c1-7-10-8(2)16(6-9-4-3-5-19-9)15-12(10)18-13(17)11(7)14/h3-5,8,15H,6H2,1-2H3. The molecule has 0 spiro atoms. The van der Waals surface area contributed by atoms with Gasteiger partial charge in [0.2, 0.25) is 5.88 Å². The van der Waals surface area contributed by atoms with Crippen LogP contribution in [0.4, 0.5) is 5.88 Å². The van der Waals surface area contributed by atoms with Gasteiger partial charge in [-0.25, -0.2) is 9.80 Å². The van der Waals surface area contributed by atoms with Gasteiger partial charge in [0, 0.05) is 10.4 Å². The van der Waals surface area contributed by atoms with E-state index in [0.717, 1.165) is 17.7 Å². The molecule has 0 saturated heterocycles. The van der Waals surface area contributed by atoms with Crippen molar-refractivity contribution >= 4 is 33.2 Å². The number of hydrogen-bond donors (Lipinski definition) is 1. The summed E-state index contributed by atoms with van der Waals surface area (Å²) in [6.07, 6.45) is 0. The molecular weight excluding hydrogens is 328 g/mol. The maximum atomic E-state index is 11.7. The molecule has 0 aromatic carbocycles. The van der Waals surface area contributed by atoms with Gasteiger partial charge in [-0.05, 0) is 46.8 Å². The molecule has 2 aromatic rings. The zero-order valence-electron chi connectivity index (χ0n) is 10.6. The van der Waals surface area contributed by atoms with Crippen LogP contribution in [-0.2, 0) is 6.54 Å². The Morgan fingerprint density at radius 1 is 1.58 bits per heavy atom. The number of fused-ring (bicyclic) bond motifs is 1. The van der Waals surface area contributed by atoms with Gasteiger partial charge in [0.15, 0.2) is 0 Å². The fourth-order valence-electron chi connectivity index (χ4n) is 2.35. The highest BCUT2D eigenvalue weighted by molar-refractivity contribution is 9.10. The Labute approximate surface area is 123 Å². The molecule has 3 rings (SSSR count). The molecule has 1 N–H and O–H groups in total. The van der Waals surface area contributed by atoms with E-state index >= 15 is 0 Å². The van der Waals surface area contributed by atoms with Crippen molar-refractivity contribution in [3.63, 3.8) is 0 Å². The monoisotopic (exact) mass is 340 g/mol. The molecule has 1 atom stereocenters. The summed E-state index contributed by atoms with van der Waals surface area (Å²) in [6, 6.07) is 4.30. The Hall–Kier alpha value is -1.11. The minimum Gasteiger partial charge on any atom is -0.404 e. The summed E-state index contributed by atoms with van der Waals surface area (Å²) in [7, 11) is 0. The molecule has 1 unspecified atom stereocenters. The van der Waals surface area contributed by atoms with E-state index in [1.807, 2.05) is 13.0 Å². The number of nitrogens with zero attached hydrogens (tertiary/aromatic N) is 1. The van der Waals surface area contributed by atoms with Crippen LogP contribution in [0.2, 0.25) is 0 Å². The van der Waals surface area contributed by atoms with E-state index < -0.39 is 0 Å². The first-order valence-corrected chi connectivity index (χ1v) is 7.64. The van der Waals surface area contributed by atoms with E-state index in [9.17, 15) is 4.79 Å². The molecule has 0 radical (unpaired) electrons. The van der Waals surface area contributed by atoms with E-state index in [2.05, 4.69) is 44.7 Å². The van der Waals surface area contributed by atoms with Gasteiger partial charge in [-0.15, -0.1) is 11.3 Å². The molecule has 4 nitrogen and oxygen atoms in total. The van der Waals surface area contributed by atoms with Gasteiger partial charge < -0.3 is 4.42 Å². The molecule has 2 aromatic heterocycles. The molecule has 100 valence electrons. The summed E-state index contributed by atoms with van der Waals surface area (Å²) in [4.78, 5) is 12.9. The van der Waals surface area contributed by atoms with E-state index in [1.165, 1.54) is 4.88 Å². The van der Waals surface area contributed by atoms with Crippen molar-refractivity contribution < 1.29 is 4.42 Å². The number of halogens is 1. The highest BCUT2D eigenvalue weighted by atomic mass is 79.9. The van der Waals surface area contributed by atoms with E-state index in [0.29, 0.717) is 10.4 Å². The van der Waals surface area contributed by atoms with Crippen molar-refractivity contribution in [3.8, 4) is 0 Å². The molecule has 1 aliphatic rings. The number of hydrazine groups is 1. The zero-order valence-corrected chi connectivity index (χ0v) is 13.0. The molecule has 0 amide bonds. The third-order valence-electron chi connectivity index (χ3n) is 3.39. The smallest absolute Gasteiger partial charge is 0.352 e. The fourth-order valence-corrected chi connectivity index (χ4v) is 3.35. The Morgan fingerprint density at radius 2 is 2.37 bits per heavy atom. The van der Waals surface area contributed by atoms with Crippen LogP contribution in [0, 0.1) is 6.92 Å². The average molecular weight is 341 g/mol. The third kappa shape index (κ3) is 2.13. The quantitative estimate of drug-likeness (QED) is 0.905. The van der Waals surface area contributed by atoms with Crippen LogP contribution in [0.1, 0.15) is 29.0 Å². The molecule has 0 saturated carbocycles. The van der Waals surface area contributed by atoms with Crippen LogP contribution in [0.15, 0.2) is 31.2 Å². The summed E-state index contributed by atoms with van der Waals surface area (Å²) < 4.78 is 5.81. The van der Waals surface area contributed by atoms with E-state index in [-0.39, 0.29) is 11.7 Å². The lowest BCUT2D eigenvalue weighted by atomic mass is 10.1. The van der Waals surface area contributed by atoms with Crippen molar-refractivity contribution in [2.45, 2.75) is 26.4 Å². The minimum atomic E-state index is -0.339. The molecule has 1 aliphatic heterocycles.